The summed E-state index contributed by atoms with van der Waals surface area (Å²) in [7, 11) is 0.239. The molecule has 1 amide bonds. The first-order valence-corrected chi connectivity index (χ1v) is 25.2. The maximum Gasteiger partial charge on any atom is 0.394 e. The number of esters is 1. The molecular formula is C47H61N5O12S2. The van der Waals surface area contributed by atoms with Gasteiger partial charge in [-0.15, -0.1) is 0 Å². The Kier molecular flexibility index (Phi) is 11.8. The molecule has 1 saturated carbocycles. The minimum Gasteiger partial charge on any atom is -0.496 e. The standard InChI is InChI=1S/C47H59N5O8S.H2O4S/c1-6-43(57)23-27-24-46(42(56)60-5,36-29(13-18-51(25-27)26-43)28-11-8-9-12-32(28)48-36)31-21-30-34(22-35(31)59-4)50(3)39-45(30)16-19-52-17-10-15-44(7-2,38(45)52)40(54)47(39,58)41(55)49-33-14-20-61-37(33)53;1-5(2,3)4/h8-12,15,21-22,27,33,38-40,48,54,57-58H,6-7,13-14,16-20,23-26H2,1-5H3,(H,49,55);(H2,1,2,3,4)/t27-,33?,38+,39-,40-,43+,44-,45-,46+,47+;/m1./s1. The van der Waals surface area contributed by atoms with Gasteiger partial charge >= 0.3 is 16.4 Å². The van der Waals surface area contributed by atoms with Crippen molar-refractivity contribution in [3.8, 4) is 5.75 Å². The predicted octanol–water partition coefficient (Wildman–Crippen LogP) is 2.74. The third-order valence-electron chi connectivity index (χ3n) is 16.4. The fourth-order valence-corrected chi connectivity index (χ4v) is 14.9. The Labute approximate surface area is 388 Å². The maximum absolute atomic E-state index is 15.4. The van der Waals surface area contributed by atoms with Crippen molar-refractivity contribution >= 4 is 55.7 Å². The van der Waals surface area contributed by atoms with Crippen molar-refractivity contribution in [2.45, 2.75) is 105 Å². The van der Waals surface area contributed by atoms with Crippen molar-refractivity contribution in [2.75, 3.05) is 64.6 Å². The van der Waals surface area contributed by atoms with Gasteiger partial charge in [-0.05, 0) is 80.7 Å². The number of rotatable bonds is 7. The molecule has 7 N–H and O–H groups in total. The van der Waals surface area contributed by atoms with Gasteiger partial charge in [0.15, 0.2) is 5.60 Å². The van der Waals surface area contributed by atoms with Gasteiger partial charge in [-0.25, -0.2) is 0 Å². The number of thioether (sulfide) groups is 1. The number of piperidine rings is 1. The number of nitrogens with one attached hydrogen (secondary N) is 2. The van der Waals surface area contributed by atoms with Crippen LogP contribution in [0.1, 0.15) is 74.8 Å². The van der Waals surface area contributed by atoms with E-state index < -0.39 is 67.9 Å². The number of aliphatic hydroxyl groups excluding tert-OH is 1. The van der Waals surface area contributed by atoms with Crippen LogP contribution in [0.2, 0.25) is 0 Å². The number of benzene rings is 2. The van der Waals surface area contributed by atoms with E-state index in [0.29, 0.717) is 94.7 Å². The lowest BCUT2D eigenvalue weighted by Gasteiger charge is -2.63. The van der Waals surface area contributed by atoms with E-state index in [-0.39, 0.29) is 17.1 Å². The van der Waals surface area contributed by atoms with Crippen molar-refractivity contribution < 1.29 is 56.7 Å². The zero-order valence-corrected chi connectivity index (χ0v) is 39.6. The molecule has 66 heavy (non-hydrogen) atoms. The third kappa shape index (κ3) is 6.89. The second-order valence-corrected chi connectivity index (χ2v) is 21.6. The van der Waals surface area contributed by atoms with Crippen molar-refractivity contribution in [3.05, 3.63) is 70.9 Å². The molecule has 7 aliphatic rings. The zero-order valence-electron chi connectivity index (χ0n) is 37.9. The molecule has 19 heteroatoms. The lowest BCUT2D eigenvalue weighted by atomic mass is 9.47. The largest absolute Gasteiger partial charge is 0.496 e. The molecule has 17 nitrogen and oxygen atoms in total. The van der Waals surface area contributed by atoms with E-state index in [1.807, 2.05) is 62.2 Å². The van der Waals surface area contributed by atoms with Crippen LogP contribution in [-0.4, -0.2) is 160 Å². The second-order valence-electron chi connectivity index (χ2n) is 19.6. The zero-order chi connectivity index (χ0) is 47.4. The van der Waals surface area contributed by atoms with Gasteiger partial charge in [0.25, 0.3) is 5.91 Å². The van der Waals surface area contributed by atoms with Gasteiger partial charge in [0, 0.05) is 89.8 Å². The lowest BCUT2D eigenvalue weighted by molar-refractivity contribution is -0.204. The van der Waals surface area contributed by atoms with E-state index in [1.54, 1.807) is 7.11 Å². The number of H-pyrrole nitrogens is 1. The highest BCUT2D eigenvalue weighted by atomic mass is 32.3. The molecule has 10 rings (SSSR count). The topological polar surface area (TPSA) is 242 Å². The number of aromatic nitrogens is 1. The summed E-state index contributed by atoms with van der Waals surface area (Å²) < 4.78 is 43.9. The van der Waals surface area contributed by atoms with Crippen LogP contribution in [0.3, 0.4) is 0 Å². The second kappa shape index (κ2) is 16.6. The highest BCUT2D eigenvalue weighted by Crippen LogP contribution is 2.67. The smallest absolute Gasteiger partial charge is 0.394 e. The van der Waals surface area contributed by atoms with Crippen molar-refractivity contribution in [3.63, 3.8) is 0 Å². The van der Waals surface area contributed by atoms with Gasteiger partial charge in [0.1, 0.15) is 17.3 Å². The summed E-state index contributed by atoms with van der Waals surface area (Å²) in [5, 5.41) is 42.0. The van der Waals surface area contributed by atoms with Crippen LogP contribution in [-0.2, 0) is 46.8 Å². The monoisotopic (exact) mass is 951 g/mol. The van der Waals surface area contributed by atoms with Crippen LogP contribution in [0.25, 0.3) is 10.9 Å². The van der Waals surface area contributed by atoms with Crippen LogP contribution >= 0.6 is 11.8 Å². The number of ether oxygens (including phenoxy) is 2. The maximum atomic E-state index is 15.4. The molecule has 0 radical (unpaired) electrons. The van der Waals surface area contributed by atoms with Gasteiger partial charge in [-0.1, -0.05) is 56.0 Å². The molecule has 11 atom stereocenters. The summed E-state index contributed by atoms with van der Waals surface area (Å²) in [6.07, 6.45) is 6.08. The van der Waals surface area contributed by atoms with E-state index in [0.717, 1.165) is 33.4 Å². The molecule has 6 aliphatic heterocycles. The average Bonchev–Trinajstić information content (AvgIpc) is 4.05. The van der Waals surface area contributed by atoms with Crippen LogP contribution in [0.5, 0.6) is 5.75 Å². The molecule has 1 aromatic heterocycles. The lowest BCUT2D eigenvalue weighted by Crippen LogP contribution is -2.82. The van der Waals surface area contributed by atoms with Gasteiger partial charge < -0.3 is 40.0 Å². The van der Waals surface area contributed by atoms with E-state index in [2.05, 4.69) is 32.2 Å². The first-order chi connectivity index (χ1) is 31.3. The van der Waals surface area contributed by atoms with Crippen LogP contribution < -0.4 is 15.0 Å². The summed E-state index contributed by atoms with van der Waals surface area (Å²) >= 11 is 1.17. The number of amides is 1. The number of fused-ring (bicyclic) bond motifs is 6. The van der Waals surface area contributed by atoms with E-state index in [4.69, 9.17) is 27.0 Å². The molecule has 1 spiro atoms. The SMILES string of the molecule is CC[C@]1(O)C[C@H]2CN(CCc3c([nH]c4ccccc34)[C@@](C(=O)OC)(c3cc4c(cc3OC)N(C)[C@H]3[C@@](O)(C(=O)NC5CCSC5=O)[C@H](O)[C@]5(CC)C=CCN6CC[C@]43[C@@H]65)C2)C1.O=S(=O)(O)O. The summed E-state index contributed by atoms with van der Waals surface area (Å²) in [6.45, 7) is 7.31. The van der Waals surface area contributed by atoms with Crippen molar-refractivity contribution in [1.82, 2.24) is 20.1 Å². The quantitative estimate of drug-likeness (QED) is 0.102. The summed E-state index contributed by atoms with van der Waals surface area (Å²) in [6, 6.07) is 10.2. The molecule has 3 aromatic rings. The molecule has 2 aromatic carbocycles. The fraction of sp³-hybridized carbons (Fsp3) is 0.596. The number of hydrogen-bond acceptors (Lipinski definition) is 14. The number of aromatic amines is 1. The van der Waals surface area contributed by atoms with Crippen LogP contribution in [0.15, 0.2) is 48.6 Å². The Hall–Kier alpha value is -4.05. The predicted molar refractivity (Wildman–Crippen MR) is 247 cm³/mol. The van der Waals surface area contributed by atoms with Crippen LogP contribution in [0.4, 0.5) is 5.69 Å². The number of hydrogen-bond donors (Lipinski definition) is 7. The molecule has 358 valence electrons. The molecule has 3 saturated heterocycles. The molecule has 2 bridgehead atoms. The molecule has 4 fully saturated rings. The number of anilines is 1. The number of carbonyl (C=O) groups is 3. The van der Waals surface area contributed by atoms with E-state index in [1.165, 1.54) is 18.9 Å². The fourth-order valence-electron chi connectivity index (χ4n) is 13.9. The van der Waals surface area contributed by atoms with E-state index in [9.17, 15) is 24.9 Å². The summed E-state index contributed by atoms with van der Waals surface area (Å²) in [5.41, 5.74) is -1.75. The minimum absolute atomic E-state index is 0.102. The highest BCUT2D eigenvalue weighted by molar-refractivity contribution is 8.14. The van der Waals surface area contributed by atoms with Gasteiger partial charge in [0.05, 0.1) is 31.9 Å². The number of para-hydroxylation sites is 1. The normalized spacial score (nSPS) is 36.8. The Morgan fingerprint density at radius 3 is 2.44 bits per heavy atom. The number of likely N-dealkylation sites (N-methyl/N-ethyl adjacent to an activating group) is 1. The Bertz CT molecular complexity index is 2600. The third-order valence-corrected chi connectivity index (χ3v) is 17.5. The Morgan fingerprint density at radius 2 is 1.77 bits per heavy atom. The average molecular weight is 952 g/mol. The molecule has 2 unspecified atom stereocenters. The number of methoxy groups -OCH3 is 2. The van der Waals surface area contributed by atoms with Gasteiger partial charge in [-0.2, -0.15) is 8.42 Å². The summed E-state index contributed by atoms with van der Waals surface area (Å²) in [5.74, 6) is -0.272. The van der Waals surface area contributed by atoms with Gasteiger partial charge in [-0.3, -0.25) is 33.3 Å². The Balaban J connectivity index is 0.00000104. The number of aliphatic hydroxyl groups is 3. The first-order valence-electron chi connectivity index (χ1n) is 22.8. The highest BCUT2D eigenvalue weighted by Gasteiger charge is 2.79. The molecule has 1 aliphatic carbocycles. The summed E-state index contributed by atoms with van der Waals surface area (Å²) in [4.78, 5) is 53.7. The Morgan fingerprint density at radius 1 is 1.03 bits per heavy atom. The van der Waals surface area contributed by atoms with Crippen molar-refractivity contribution in [2.24, 2.45) is 11.3 Å². The number of carbonyl (C=O) groups excluding carboxylic acids is 3. The number of nitrogens with zero attached hydrogens (tertiary/aromatic N) is 3. The van der Waals surface area contributed by atoms with Gasteiger partial charge in [0.2, 0.25) is 5.12 Å². The first kappa shape index (κ1) is 47.0. The molecular weight excluding hydrogens is 891 g/mol. The van der Waals surface area contributed by atoms with Crippen LogP contribution in [0, 0.1) is 11.3 Å². The van der Waals surface area contributed by atoms with Crippen molar-refractivity contribution in [1.29, 1.82) is 0 Å². The minimum atomic E-state index is -4.67. The molecule has 7 heterocycles. The van der Waals surface area contributed by atoms with E-state index >= 15 is 4.79 Å².